The fourth-order valence-electron chi connectivity index (χ4n) is 8.51. The number of aliphatic hydroxyl groups excluding tert-OH is 1. The van der Waals surface area contributed by atoms with Crippen LogP contribution in [0.3, 0.4) is 0 Å². The van der Waals surface area contributed by atoms with E-state index in [1.54, 1.807) is 26.1 Å². The van der Waals surface area contributed by atoms with Crippen molar-refractivity contribution in [1.82, 2.24) is 67.5 Å². The number of nitrogens with zero attached hydrogens (tertiary/aromatic N) is 2. The standard InChI is InChI=1S/C52H78N16O11/c1-26(2)14-37(41(69)19-43(71)63-38(46(55)73)15-27(3)4)66-51(78)40(18-32-22-57-25-61-32)64-44(72)23-59-52(79)45(28(5)6)68-47(74)29(7)62-50(77)39(16-30-20-58-35-11-9-8-10-33(30)35)67-49(76)36(12-13-42(54)70)65-48(75)34(53)17-31-21-56-24-60-31/h8-11,20-22,24-29,34,36-41,45,58,69H,12-19,23,53H2,1-7H3,(H2,54,70)(H2,55,73)(H,56,60)(H,57,61)(H,59,79)(H,62,77)(H,63,71)(H,64,72)(H,65,75)(H,66,78)(H,67,76)(H,68,74)/t29-,34-,36-,37-,38-,39-,40-,41-,45-/m0/s1. The number of carbonyl (C=O) groups is 10. The van der Waals surface area contributed by atoms with E-state index in [1.807, 2.05) is 45.9 Å². The van der Waals surface area contributed by atoms with E-state index >= 15 is 0 Å². The number of carbonyl (C=O) groups excluding carboxylic acids is 10. The van der Waals surface area contributed by atoms with Crippen LogP contribution in [0.1, 0.15) is 97.5 Å². The van der Waals surface area contributed by atoms with Crippen LogP contribution in [0.5, 0.6) is 0 Å². The molecule has 1 aromatic carbocycles. The zero-order valence-electron chi connectivity index (χ0n) is 45.6. The fourth-order valence-corrected chi connectivity index (χ4v) is 8.51. The predicted octanol–water partition coefficient (Wildman–Crippen LogP) is -2.25. The minimum Gasteiger partial charge on any atom is -0.390 e. The molecule has 79 heavy (non-hydrogen) atoms. The number of fused-ring (bicyclic) bond motifs is 1. The molecule has 0 saturated heterocycles. The van der Waals surface area contributed by atoms with Crippen molar-refractivity contribution in [2.45, 2.75) is 154 Å². The summed E-state index contributed by atoms with van der Waals surface area (Å²) < 4.78 is 0. The van der Waals surface area contributed by atoms with Crippen molar-refractivity contribution in [2.75, 3.05) is 6.54 Å². The average molecular weight is 1100 g/mol. The van der Waals surface area contributed by atoms with Crippen LogP contribution in [0.4, 0.5) is 0 Å². The van der Waals surface area contributed by atoms with Crippen molar-refractivity contribution in [1.29, 1.82) is 0 Å². The number of aromatic amines is 3. The molecule has 0 radical (unpaired) electrons. The summed E-state index contributed by atoms with van der Waals surface area (Å²) in [5.74, 6) is -8.25. The van der Waals surface area contributed by atoms with Gasteiger partial charge in [-0.1, -0.05) is 59.7 Å². The van der Waals surface area contributed by atoms with Gasteiger partial charge in [-0.05, 0) is 55.6 Å². The van der Waals surface area contributed by atoms with E-state index in [9.17, 15) is 53.1 Å². The summed E-state index contributed by atoms with van der Waals surface area (Å²) in [5.41, 5.74) is 19.4. The van der Waals surface area contributed by atoms with Crippen LogP contribution in [0.25, 0.3) is 10.9 Å². The van der Waals surface area contributed by atoms with E-state index in [-0.39, 0.29) is 56.8 Å². The molecule has 4 rings (SSSR count). The van der Waals surface area contributed by atoms with E-state index in [4.69, 9.17) is 17.2 Å². The smallest absolute Gasteiger partial charge is 0.243 e. The molecule has 9 atom stereocenters. The minimum atomic E-state index is -1.41. The summed E-state index contributed by atoms with van der Waals surface area (Å²) in [6, 6.07) is -2.42. The zero-order chi connectivity index (χ0) is 58.5. The number of H-pyrrole nitrogens is 3. The Hall–Kier alpha value is -8.20. The highest BCUT2D eigenvalue weighted by atomic mass is 16.3. The Morgan fingerprint density at radius 1 is 0.608 bits per heavy atom. The molecule has 0 unspecified atom stereocenters. The number of imidazole rings is 2. The molecule has 0 aliphatic carbocycles. The Bertz CT molecular complexity index is 2690. The van der Waals surface area contributed by atoms with Gasteiger partial charge in [0.05, 0.1) is 43.8 Å². The zero-order valence-corrected chi connectivity index (χ0v) is 45.6. The van der Waals surface area contributed by atoms with Crippen molar-refractivity contribution in [2.24, 2.45) is 35.0 Å². The SMILES string of the molecule is CC(C)C[C@H](NC(=O)C[C@H](O)[C@H](CC(C)C)NC(=O)[C@H](Cc1cnc[nH]1)NC(=O)CNC(=O)[C@@H](NC(=O)[C@H](C)NC(=O)[C@H](Cc1c[nH]c2ccccc12)NC(=O)[C@H](CCC(N)=O)NC(=O)[C@@H](N)Cc1cnc[nH]1)C(C)C)C(N)=O. The van der Waals surface area contributed by atoms with Gasteiger partial charge in [-0.3, -0.25) is 47.9 Å². The summed E-state index contributed by atoms with van der Waals surface area (Å²) >= 11 is 0. The summed E-state index contributed by atoms with van der Waals surface area (Å²) in [7, 11) is 0. The number of aliphatic hydroxyl groups is 1. The van der Waals surface area contributed by atoms with E-state index in [1.165, 1.54) is 32.0 Å². The maximum Gasteiger partial charge on any atom is 0.243 e. The fraction of sp³-hybridized carbons (Fsp3) is 0.538. The first-order valence-electron chi connectivity index (χ1n) is 26.2. The largest absolute Gasteiger partial charge is 0.390 e. The highest BCUT2D eigenvalue weighted by Crippen LogP contribution is 2.20. The van der Waals surface area contributed by atoms with Crippen LogP contribution in [-0.2, 0) is 67.2 Å². The number of rotatable bonds is 33. The third-order valence-corrected chi connectivity index (χ3v) is 12.7. The van der Waals surface area contributed by atoms with Gasteiger partial charge >= 0.3 is 0 Å². The lowest BCUT2D eigenvalue weighted by molar-refractivity contribution is -0.135. The van der Waals surface area contributed by atoms with Crippen LogP contribution in [-0.4, -0.2) is 150 Å². The molecule has 18 N–H and O–H groups in total. The van der Waals surface area contributed by atoms with Gasteiger partial charge in [0, 0.05) is 66.6 Å². The second-order valence-corrected chi connectivity index (χ2v) is 20.8. The summed E-state index contributed by atoms with van der Waals surface area (Å²) in [5, 5.41) is 32.8. The van der Waals surface area contributed by atoms with Gasteiger partial charge in [0.25, 0.3) is 0 Å². The number of aromatic nitrogens is 5. The Morgan fingerprint density at radius 3 is 1.78 bits per heavy atom. The van der Waals surface area contributed by atoms with Crippen LogP contribution >= 0.6 is 0 Å². The van der Waals surface area contributed by atoms with E-state index in [0.29, 0.717) is 17.0 Å². The minimum absolute atomic E-state index is 0.0336. The molecule has 432 valence electrons. The number of primary amides is 2. The first-order valence-corrected chi connectivity index (χ1v) is 26.2. The number of para-hydroxylation sites is 1. The Balaban J connectivity index is 1.43. The molecule has 0 bridgehead atoms. The Kier molecular flexibility index (Phi) is 24.6. The quantitative estimate of drug-likeness (QED) is 0.0240. The Labute approximate surface area is 457 Å². The Morgan fingerprint density at radius 2 is 1.19 bits per heavy atom. The molecular weight excluding hydrogens is 1020 g/mol. The van der Waals surface area contributed by atoms with Gasteiger partial charge in [0.1, 0.15) is 36.3 Å². The van der Waals surface area contributed by atoms with Crippen molar-refractivity contribution in [3.05, 3.63) is 72.5 Å². The van der Waals surface area contributed by atoms with Crippen LogP contribution in [0.15, 0.2) is 55.5 Å². The van der Waals surface area contributed by atoms with Crippen molar-refractivity contribution < 1.29 is 53.1 Å². The van der Waals surface area contributed by atoms with Gasteiger partial charge in [-0.15, -0.1) is 0 Å². The third-order valence-electron chi connectivity index (χ3n) is 12.7. The maximum absolute atomic E-state index is 14.2. The van der Waals surface area contributed by atoms with Crippen LogP contribution in [0, 0.1) is 17.8 Å². The molecule has 0 fully saturated rings. The lowest BCUT2D eigenvalue weighted by Crippen LogP contribution is -2.59. The van der Waals surface area contributed by atoms with Gasteiger partial charge in [-0.2, -0.15) is 0 Å². The van der Waals surface area contributed by atoms with Crippen LogP contribution < -0.4 is 59.7 Å². The lowest BCUT2D eigenvalue weighted by atomic mass is 9.96. The van der Waals surface area contributed by atoms with Crippen molar-refractivity contribution in [3.8, 4) is 0 Å². The van der Waals surface area contributed by atoms with Gasteiger partial charge in [0.2, 0.25) is 59.1 Å². The topological polar surface area (TPSA) is 438 Å². The number of nitrogens with two attached hydrogens (primary N) is 3. The summed E-state index contributed by atoms with van der Waals surface area (Å²) in [6.45, 7) is 11.4. The molecular formula is C52H78N16O11. The molecule has 3 aromatic heterocycles. The molecule has 27 heteroatoms. The van der Waals surface area contributed by atoms with Crippen molar-refractivity contribution >= 4 is 70.0 Å². The summed E-state index contributed by atoms with van der Waals surface area (Å²) in [6.07, 6.45) is 5.32. The van der Waals surface area contributed by atoms with E-state index in [0.717, 1.165) is 10.9 Å². The molecule has 0 aliphatic heterocycles. The molecule has 3 heterocycles. The second kappa shape index (κ2) is 30.7. The lowest BCUT2D eigenvalue weighted by Gasteiger charge is -2.28. The van der Waals surface area contributed by atoms with Gasteiger partial charge in [-0.25, -0.2) is 9.97 Å². The molecule has 0 saturated carbocycles. The molecule has 4 aromatic rings. The molecule has 27 nitrogen and oxygen atoms in total. The van der Waals surface area contributed by atoms with E-state index in [2.05, 4.69) is 67.5 Å². The highest BCUT2D eigenvalue weighted by molar-refractivity contribution is 5.97. The number of amides is 10. The predicted molar refractivity (Wildman–Crippen MR) is 289 cm³/mol. The molecule has 0 spiro atoms. The first-order chi connectivity index (χ1) is 37.3. The number of hydrogen-bond donors (Lipinski definition) is 15. The number of benzene rings is 1. The van der Waals surface area contributed by atoms with Gasteiger partial charge in [0.15, 0.2) is 0 Å². The maximum atomic E-state index is 14.2. The second-order valence-electron chi connectivity index (χ2n) is 20.8. The first kappa shape index (κ1) is 63.3. The third kappa shape index (κ3) is 20.9. The number of nitrogens with one attached hydrogen (secondary N) is 11. The van der Waals surface area contributed by atoms with E-state index < -0.39 is 132 Å². The molecule has 0 aliphatic rings. The average Bonchev–Trinajstić information content (AvgIpc) is 4.20. The van der Waals surface area contributed by atoms with Crippen LogP contribution in [0.2, 0.25) is 0 Å². The molecule has 10 amide bonds. The van der Waals surface area contributed by atoms with Crippen molar-refractivity contribution in [3.63, 3.8) is 0 Å². The summed E-state index contributed by atoms with van der Waals surface area (Å²) in [4.78, 5) is 150. The monoisotopic (exact) mass is 1100 g/mol. The normalized spacial score (nSPS) is 14.8. The van der Waals surface area contributed by atoms with Gasteiger partial charge < -0.3 is 79.8 Å². The number of hydrogen-bond acceptors (Lipinski definition) is 14. The highest BCUT2D eigenvalue weighted by Gasteiger charge is 2.34.